The van der Waals surface area contributed by atoms with Crippen LogP contribution in [0, 0.1) is 5.82 Å². The number of anilines is 2. The lowest BCUT2D eigenvalue weighted by Crippen LogP contribution is -2.37. The first kappa shape index (κ1) is 20.8. The highest BCUT2D eigenvalue weighted by Crippen LogP contribution is 2.41. The summed E-state index contributed by atoms with van der Waals surface area (Å²) in [5.41, 5.74) is 7.74. The fourth-order valence-electron chi connectivity index (χ4n) is 4.94. The van der Waals surface area contributed by atoms with E-state index in [9.17, 15) is 9.18 Å². The van der Waals surface area contributed by atoms with Crippen molar-refractivity contribution in [1.29, 1.82) is 0 Å². The van der Waals surface area contributed by atoms with Crippen molar-refractivity contribution in [3.05, 3.63) is 41.5 Å². The van der Waals surface area contributed by atoms with Gasteiger partial charge in [-0.2, -0.15) is 5.10 Å². The number of carbonyl (C=O) groups is 1. The summed E-state index contributed by atoms with van der Waals surface area (Å²) in [4.78, 5) is 22.1. The molecule has 0 radical (unpaired) electrons. The normalized spacial score (nSPS) is 20.3. The topological polar surface area (TPSA) is 115 Å². The minimum absolute atomic E-state index is 0.151. The van der Waals surface area contributed by atoms with Gasteiger partial charge in [-0.1, -0.05) is 0 Å². The maximum Gasteiger partial charge on any atom is 0.275 e. The van der Waals surface area contributed by atoms with Gasteiger partial charge >= 0.3 is 0 Å². The Kier molecular flexibility index (Phi) is 4.85. The average molecular weight is 465 g/mol. The Balaban J connectivity index is 1.53. The highest BCUT2D eigenvalue weighted by atomic mass is 19.1. The molecule has 176 valence electrons. The quantitative estimate of drug-likeness (QED) is 0.584. The molecule has 11 heteroatoms. The number of nitrogens with two attached hydrogens (primary N) is 1. The number of hydrogen-bond donors (Lipinski definition) is 1. The highest BCUT2D eigenvalue weighted by molar-refractivity contribution is 5.98. The summed E-state index contributed by atoms with van der Waals surface area (Å²) < 4.78 is 22.0. The zero-order chi connectivity index (χ0) is 23.4. The molecular formula is C23H25FN8O2. The molecule has 10 nitrogen and oxygen atoms in total. The number of rotatable bonds is 1. The fraction of sp³-hybridized carbons (Fsp3) is 0.435. The van der Waals surface area contributed by atoms with Crippen LogP contribution in [0.2, 0.25) is 0 Å². The average Bonchev–Trinajstić information content (AvgIpc) is 3.40. The lowest BCUT2D eigenvalue weighted by atomic mass is 10.0. The number of carbonyl (C=O) groups excluding carboxylic acids is 1. The molecule has 2 N–H and O–H groups in total. The Morgan fingerprint density at radius 2 is 2.00 bits per heavy atom. The number of halogens is 1. The maximum atomic E-state index is 14.3. The summed E-state index contributed by atoms with van der Waals surface area (Å²) in [6.07, 6.45) is 5.28. The summed E-state index contributed by atoms with van der Waals surface area (Å²) in [5, 5.41) is 12.8. The van der Waals surface area contributed by atoms with Gasteiger partial charge < -0.3 is 20.3 Å². The largest absolute Gasteiger partial charge is 0.491 e. The third-order valence-corrected chi connectivity index (χ3v) is 6.66. The van der Waals surface area contributed by atoms with Gasteiger partial charge in [0.2, 0.25) is 0 Å². The van der Waals surface area contributed by atoms with E-state index in [1.807, 2.05) is 4.90 Å². The predicted octanol–water partition coefficient (Wildman–Crippen LogP) is 2.33. The van der Waals surface area contributed by atoms with E-state index in [2.05, 4.69) is 15.3 Å². The van der Waals surface area contributed by atoms with Crippen LogP contribution in [0.25, 0.3) is 11.4 Å². The summed E-state index contributed by atoms with van der Waals surface area (Å²) in [6.45, 7) is 1.37. The van der Waals surface area contributed by atoms with Crippen LogP contribution in [-0.4, -0.2) is 61.5 Å². The van der Waals surface area contributed by atoms with Crippen molar-refractivity contribution >= 4 is 17.5 Å². The molecule has 1 atom stereocenters. The van der Waals surface area contributed by atoms with Crippen molar-refractivity contribution in [2.45, 2.75) is 37.8 Å². The van der Waals surface area contributed by atoms with E-state index in [0.29, 0.717) is 36.8 Å². The van der Waals surface area contributed by atoms with E-state index < -0.39 is 0 Å². The zero-order valence-electron chi connectivity index (χ0n) is 18.8. The van der Waals surface area contributed by atoms with E-state index in [1.54, 1.807) is 28.9 Å². The third-order valence-electron chi connectivity index (χ3n) is 6.66. The Labute approximate surface area is 195 Å². The van der Waals surface area contributed by atoms with Crippen LogP contribution in [0.1, 0.15) is 47.8 Å². The first-order valence-corrected chi connectivity index (χ1v) is 11.5. The molecule has 1 aliphatic carbocycles. The Morgan fingerprint density at radius 3 is 2.82 bits per heavy atom. The van der Waals surface area contributed by atoms with E-state index in [4.69, 9.17) is 15.5 Å². The van der Waals surface area contributed by atoms with Gasteiger partial charge in [0.15, 0.2) is 23.2 Å². The SMILES string of the molecule is Cn1cc2c(n1)C(=O)N(C1CC1)CCOc1ccc(F)cc1[C@H]1CCCN1c1nc-2nnc1N. The van der Waals surface area contributed by atoms with Crippen molar-refractivity contribution in [3.63, 3.8) is 0 Å². The molecule has 1 amide bonds. The number of nitrogen functional groups attached to an aromatic ring is 1. The number of aromatic nitrogens is 5. The molecule has 4 heterocycles. The minimum Gasteiger partial charge on any atom is -0.491 e. The Hall–Kier alpha value is -3.76. The smallest absolute Gasteiger partial charge is 0.275 e. The van der Waals surface area contributed by atoms with Crippen LogP contribution >= 0.6 is 0 Å². The summed E-state index contributed by atoms with van der Waals surface area (Å²) >= 11 is 0. The third kappa shape index (κ3) is 3.51. The highest BCUT2D eigenvalue weighted by Gasteiger charge is 2.37. The molecule has 2 bridgehead atoms. The molecule has 3 aromatic rings. The van der Waals surface area contributed by atoms with E-state index in [0.717, 1.165) is 31.2 Å². The molecule has 1 aromatic carbocycles. The van der Waals surface area contributed by atoms with Crippen molar-refractivity contribution in [3.8, 4) is 17.1 Å². The van der Waals surface area contributed by atoms with Crippen LogP contribution < -0.4 is 15.4 Å². The van der Waals surface area contributed by atoms with Crippen LogP contribution in [0.5, 0.6) is 5.75 Å². The summed E-state index contributed by atoms with van der Waals surface area (Å²) in [6, 6.07) is 4.54. The predicted molar refractivity (Wildman–Crippen MR) is 122 cm³/mol. The van der Waals surface area contributed by atoms with Crippen LogP contribution in [0.3, 0.4) is 0 Å². The Bertz CT molecular complexity index is 1270. The second-order valence-corrected chi connectivity index (χ2v) is 9.02. The van der Waals surface area contributed by atoms with Gasteiger partial charge in [0.25, 0.3) is 5.91 Å². The first-order chi connectivity index (χ1) is 16.5. The van der Waals surface area contributed by atoms with Crippen LogP contribution in [0.15, 0.2) is 24.4 Å². The van der Waals surface area contributed by atoms with Gasteiger partial charge in [-0.05, 0) is 43.9 Å². The standard InChI is InChI=1S/C23H25FN8O2/c1-30-12-16-19(29-30)23(33)31(14-5-6-14)9-10-34-18-7-4-13(24)11-15(18)17-3-2-8-32(17)22-20(25)27-28-21(16)26-22/h4,7,11-12,14,17H,2-3,5-6,8-10H2,1H3,(H2,25,27)/t17-/m1/s1. The van der Waals surface area contributed by atoms with Gasteiger partial charge in [-0.15, -0.1) is 10.2 Å². The van der Waals surface area contributed by atoms with Crippen molar-refractivity contribution < 1.29 is 13.9 Å². The molecule has 34 heavy (non-hydrogen) atoms. The number of amides is 1. The molecule has 2 fully saturated rings. The molecule has 2 aromatic heterocycles. The van der Waals surface area contributed by atoms with Gasteiger partial charge in [-0.25, -0.2) is 9.37 Å². The monoisotopic (exact) mass is 464 g/mol. The zero-order valence-corrected chi connectivity index (χ0v) is 18.8. The second kappa shape index (κ2) is 7.93. The molecular weight excluding hydrogens is 439 g/mol. The van der Waals surface area contributed by atoms with Gasteiger partial charge in [0.05, 0.1) is 18.2 Å². The number of aryl methyl sites for hydroxylation is 1. The molecule has 1 saturated carbocycles. The van der Waals surface area contributed by atoms with Gasteiger partial charge in [-0.3, -0.25) is 9.48 Å². The van der Waals surface area contributed by atoms with Crippen LogP contribution in [0.4, 0.5) is 16.0 Å². The summed E-state index contributed by atoms with van der Waals surface area (Å²) in [5.74, 6) is 0.991. The lowest BCUT2D eigenvalue weighted by Gasteiger charge is -2.29. The molecule has 0 spiro atoms. The van der Waals surface area contributed by atoms with E-state index in [-0.39, 0.29) is 41.1 Å². The second-order valence-electron chi connectivity index (χ2n) is 9.02. The first-order valence-electron chi connectivity index (χ1n) is 11.5. The number of nitrogens with zero attached hydrogens (tertiary/aromatic N) is 7. The van der Waals surface area contributed by atoms with Gasteiger partial charge in [0.1, 0.15) is 18.2 Å². The van der Waals surface area contributed by atoms with E-state index >= 15 is 0 Å². The Morgan fingerprint density at radius 1 is 1.15 bits per heavy atom. The molecule has 1 saturated heterocycles. The molecule has 3 aliphatic rings. The summed E-state index contributed by atoms with van der Waals surface area (Å²) in [7, 11) is 1.76. The fourth-order valence-corrected chi connectivity index (χ4v) is 4.94. The number of hydrogen-bond acceptors (Lipinski definition) is 8. The maximum absolute atomic E-state index is 14.3. The number of benzene rings is 1. The molecule has 6 rings (SSSR count). The van der Waals surface area contributed by atoms with Crippen LogP contribution in [-0.2, 0) is 7.05 Å². The van der Waals surface area contributed by atoms with Gasteiger partial charge in [0, 0.05) is 31.4 Å². The number of ether oxygens (including phenoxy) is 1. The molecule has 2 aliphatic heterocycles. The lowest BCUT2D eigenvalue weighted by molar-refractivity contribution is 0.0709. The van der Waals surface area contributed by atoms with Crippen molar-refractivity contribution in [1.82, 2.24) is 29.9 Å². The van der Waals surface area contributed by atoms with E-state index in [1.165, 1.54) is 12.1 Å². The van der Waals surface area contributed by atoms with Crippen molar-refractivity contribution in [2.24, 2.45) is 7.05 Å². The molecule has 0 unspecified atom stereocenters. The minimum atomic E-state index is -0.334. The number of fused-ring (bicyclic) bond motifs is 8. The van der Waals surface area contributed by atoms with Crippen molar-refractivity contribution in [2.75, 3.05) is 30.3 Å².